The Morgan fingerprint density at radius 2 is 1.62 bits per heavy atom. The van der Waals surface area contributed by atoms with E-state index in [1.54, 1.807) is 38.5 Å². The van der Waals surface area contributed by atoms with Crippen molar-refractivity contribution in [1.82, 2.24) is 10.2 Å². The number of nitro benzene ring substituents is 1. The Hall–Kier alpha value is -3.00. The van der Waals surface area contributed by atoms with Crippen LogP contribution in [0.4, 0.5) is 5.69 Å². The zero-order chi connectivity index (χ0) is 18.8. The van der Waals surface area contributed by atoms with Crippen LogP contribution < -0.4 is 9.47 Å². The molecule has 3 rings (SSSR count). The number of hydrogen-bond donors (Lipinski definition) is 0. The molecule has 134 valence electrons. The average Bonchev–Trinajstić information content (AvgIpc) is 3.12. The highest BCUT2D eigenvalue weighted by Gasteiger charge is 2.21. The van der Waals surface area contributed by atoms with E-state index in [9.17, 15) is 10.1 Å². The van der Waals surface area contributed by atoms with Gasteiger partial charge in [0.2, 0.25) is 0 Å². The molecule has 0 radical (unpaired) electrons. The van der Waals surface area contributed by atoms with E-state index in [1.807, 2.05) is 19.9 Å². The van der Waals surface area contributed by atoms with Gasteiger partial charge < -0.3 is 9.47 Å². The lowest BCUT2D eigenvalue weighted by Crippen LogP contribution is -1.94. The summed E-state index contributed by atoms with van der Waals surface area (Å²) >= 11 is 1.29. The molecule has 3 aromatic rings. The Balaban J connectivity index is 2.06. The maximum absolute atomic E-state index is 11.4. The lowest BCUT2D eigenvalue weighted by Gasteiger charge is -2.07. The van der Waals surface area contributed by atoms with Crippen molar-refractivity contribution >= 4 is 17.0 Å². The Bertz CT molecular complexity index is 985. The first-order chi connectivity index (χ1) is 12.4. The molecule has 0 unspecified atom stereocenters. The minimum Gasteiger partial charge on any atom is -0.493 e. The van der Waals surface area contributed by atoms with Gasteiger partial charge in [0, 0.05) is 11.6 Å². The topological polar surface area (TPSA) is 87.4 Å². The average molecular weight is 371 g/mol. The van der Waals surface area contributed by atoms with Crippen LogP contribution in [0.2, 0.25) is 0 Å². The normalized spacial score (nSPS) is 10.6. The van der Waals surface area contributed by atoms with Gasteiger partial charge >= 0.3 is 0 Å². The molecule has 1 aromatic heterocycles. The number of benzene rings is 2. The molecule has 1 heterocycles. The van der Waals surface area contributed by atoms with Crippen molar-refractivity contribution in [3.63, 3.8) is 0 Å². The minimum atomic E-state index is -0.390. The lowest BCUT2D eigenvalue weighted by atomic mass is 10.0. The van der Waals surface area contributed by atoms with E-state index in [-0.39, 0.29) is 10.6 Å². The van der Waals surface area contributed by atoms with Crippen LogP contribution in [0.3, 0.4) is 0 Å². The molecule has 0 atom stereocenters. The van der Waals surface area contributed by atoms with Gasteiger partial charge in [0.05, 0.1) is 24.7 Å². The number of rotatable bonds is 5. The highest BCUT2D eigenvalue weighted by molar-refractivity contribution is 7.18. The van der Waals surface area contributed by atoms with Gasteiger partial charge in [-0.25, -0.2) is 0 Å². The largest absolute Gasteiger partial charge is 0.493 e. The fourth-order valence-electron chi connectivity index (χ4n) is 2.54. The predicted molar refractivity (Wildman–Crippen MR) is 100 cm³/mol. The van der Waals surface area contributed by atoms with Crippen LogP contribution in [0, 0.1) is 24.0 Å². The molecule has 0 saturated carbocycles. The molecular weight excluding hydrogens is 354 g/mol. The standard InChI is InChI=1S/C18H17N3O4S/c1-10-7-13(14(21(22)23)8-11(10)2)18-20-19-17(26-18)12-5-6-15(24-3)16(9-12)25-4/h5-9H,1-4H3. The molecule has 0 aliphatic rings. The molecule has 2 aromatic carbocycles. The monoisotopic (exact) mass is 371 g/mol. The van der Waals surface area contributed by atoms with Crippen LogP contribution in [-0.4, -0.2) is 29.3 Å². The van der Waals surface area contributed by atoms with E-state index in [1.165, 1.54) is 11.3 Å². The van der Waals surface area contributed by atoms with Crippen LogP contribution in [0.25, 0.3) is 21.1 Å². The highest BCUT2D eigenvalue weighted by Crippen LogP contribution is 2.38. The van der Waals surface area contributed by atoms with Crippen molar-refractivity contribution in [2.24, 2.45) is 0 Å². The number of nitro groups is 1. The van der Waals surface area contributed by atoms with Gasteiger partial charge in [0.15, 0.2) is 16.5 Å². The summed E-state index contributed by atoms with van der Waals surface area (Å²) in [7, 11) is 3.13. The summed E-state index contributed by atoms with van der Waals surface area (Å²) in [5, 5.41) is 20.9. The van der Waals surface area contributed by atoms with Gasteiger partial charge in [-0.1, -0.05) is 11.3 Å². The van der Waals surface area contributed by atoms with Crippen LogP contribution in [-0.2, 0) is 0 Å². The summed E-state index contributed by atoms with van der Waals surface area (Å²) in [4.78, 5) is 11.0. The molecule has 0 aliphatic carbocycles. The first-order valence-corrected chi connectivity index (χ1v) is 8.58. The van der Waals surface area contributed by atoms with Gasteiger partial charge in [0.25, 0.3) is 5.69 Å². The van der Waals surface area contributed by atoms with Gasteiger partial charge in [-0.2, -0.15) is 0 Å². The van der Waals surface area contributed by atoms with E-state index in [4.69, 9.17) is 9.47 Å². The third kappa shape index (κ3) is 3.23. The van der Waals surface area contributed by atoms with E-state index in [2.05, 4.69) is 10.2 Å². The Labute approximate surface area is 154 Å². The first kappa shape index (κ1) is 17.8. The quantitative estimate of drug-likeness (QED) is 0.487. The van der Waals surface area contributed by atoms with E-state index in [0.717, 1.165) is 16.7 Å². The molecule has 7 nitrogen and oxygen atoms in total. The number of hydrogen-bond acceptors (Lipinski definition) is 7. The number of nitrogens with zero attached hydrogens (tertiary/aromatic N) is 3. The second-order valence-corrected chi connectivity index (χ2v) is 6.67. The summed E-state index contributed by atoms with van der Waals surface area (Å²) in [6.07, 6.45) is 0. The van der Waals surface area contributed by atoms with E-state index in [0.29, 0.717) is 27.1 Å². The van der Waals surface area contributed by atoms with Gasteiger partial charge in [-0.3, -0.25) is 10.1 Å². The lowest BCUT2D eigenvalue weighted by molar-refractivity contribution is -0.384. The number of ether oxygens (including phenoxy) is 2. The summed E-state index contributed by atoms with van der Waals surface area (Å²) in [6.45, 7) is 3.76. The van der Waals surface area contributed by atoms with Crippen LogP contribution in [0.1, 0.15) is 11.1 Å². The van der Waals surface area contributed by atoms with Gasteiger partial charge in [0.1, 0.15) is 5.01 Å². The third-order valence-corrected chi connectivity index (χ3v) is 5.10. The predicted octanol–water partition coefficient (Wildman–Crippen LogP) is 4.41. The molecule has 0 amide bonds. The maximum atomic E-state index is 11.4. The van der Waals surface area contributed by atoms with Crippen molar-refractivity contribution in [3.05, 3.63) is 51.6 Å². The van der Waals surface area contributed by atoms with E-state index < -0.39 is 0 Å². The number of methoxy groups -OCH3 is 2. The smallest absolute Gasteiger partial charge is 0.279 e. The molecule has 0 N–H and O–H groups in total. The van der Waals surface area contributed by atoms with Crippen molar-refractivity contribution in [3.8, 4) is 32.6 Å². The van der Waals surface area contributed by atoms with Crippen LogP contribution in [0.5, 0.6) is 11.5 Å². The van der Waals surface area contributed by atoms with Crippen molar-refractivity contribution in [2.75, 3.05) is 14.2 Å². The van der Waals surface area contributed by atoms with Crippen LogP contribution >= 0.6 is 11.3 Å². The van der Waals surface area contributed by atoms with Gasteiger partial charge in [-0.15, -0.1) is 10.2 Å². The highest BCUT2D eigenvalue weighted by atomic mass is 32.1. The zero-order valence-corrected chi connectivity index (χ0v) is 15.6. The number of aromatic nitrogens is 2. The molecule has 0 spiro atoms. The fraction of sp³-hybridized carbons (Fsp3) is 0.222. The zero-order valence-electron chi connectivity index (χ0n) is 14.8. The van der Waals surface area contributed by atoms with Crippen molar-refractivity contribution < 1.29 is 14.4 Å². The number of aryl methyl sites for hydroxylation is 2. The Kier molecular flexibility index (Phi) is 4.85. The van der Waals surface area contributed by atoms with Crippen LogP contribution in [0.15, 0.2) is 30.3 Å². The Morgan fingerprint density at radius 3 is 2.27 bits per heavy atom. The SMILES string of the molecule is COc1ccc(-c2nnc(-c3cc(C)c(C)cc3[N+](=O)[O-])s2)cc1OC. The molecular formula is C18H17N3O4S. The Morgan fingerprint density at radius 1 is 0.962 bits per heavy atom. The van der Waals surface area contributed by atoms with E-state index >= 15 is 0 Å². The maximum Gasteiger partial charge on any atom is 0.279 e. The summed E-state index contributed by atoms with van der Waals surface area (Å²) < 4.78 is 10.5. The fourth-order valence-corrected chi connectivity index (χ4v) is 3.41. The molecule has 8 heteroatoms. The summed E-state index contributed by atoms with van der Waals surface area (Å²) in [6, 6.07) is 8.79. The molecule has 0 bridgehead atoms. The van der Waals surface area contributed by atoms with Gasteiger partial charge in [-0.05, 0) is 49.2 Å². The summed E-state index contributed by atoms with van der Waals surface area (Å²) in [5.41, 5.74) is 3.14. The second kappa shape index (κ2) is 7.09. The first-order valence-electron chi connectivity index (χ1n) is 7.76. The summed E-state index contributed by atoms with van der Waals surface area (Å²) in [5.74, 6) is 1.20. The van der Waals surface area contributed by atoms with Crippen molar-refractivity contribution in [2.45, 2.75) is 13.8 Å². The molecule has 26 heavy (non-hydrogen) atoms. The molecule has 0 saturated heterocycles. The molecule has 0 aliphatic heterocycles. The second-order valence-electron chi connectivity index (χ2n) is 5.69. The molecule has 0 fully saturated rings. The minimum absolute atomic E-state index is 0.0307. The van der Waals surface area contributed by atoms with Crippen molar-refractivity contribution in [1.29, 1.82) is 0 Å². The third-order valence-electron chi connectivity index (χ3n) is 4.09.